The summed E-state index contributed by atoms with van der Waals surface area (Å²) in [5, 5.41) is 3.49. The molecule has 0 unspecified atom stereocenters. The van der Waals surface area contributed by atoms with Crippen molar-refractivity contribution in [3.05, 3.63) is 86.9 Å². The number of hydrogen-bond donors (Lipinski definition) is 1. The van der Waals surface area contributed by atoms with E-state index < -0.39 is 5.60 Å². The minimum Gasteiger partial charge on any atom is -0.444 e. The van der Waals surface area contributed by atoms with E-state index in [0.717, 1.165) is 30.8 Å². The Bertz CT molecular complexity index is 1560. The van der Waals surface area contributed by atoms with Crippen molar-refractivity contribution in [2.45, 2.75) is 64.0 Å². The molecule has 7 heteroatoms. The molecular weight excluding hydrogens is 482 g/mol. The minimum absolute atomic E-state index is 0.151. The number of nitrogens with zero attached hydrogens (tertiary/aromatic N) is 2. The van der Waals surface area contributed by atoms with Crippen LogP contribution in [0.5, 0.6) is 0 Å². The number of aromatic nitrogens is 2. The lowest BCUT2D eigenvalue weighted by molar-refractivity contribution is 0.0236. The molecule has 37 heavy (non-hydrogen) atoms. The first-order valence-corrected chi connectivity index (χ1v) is 13.8. The number of H-pyrrole nitrogens is 1. The first kappa shape index (κ1) is 23.9. The highest BCUT2D eigenvalue weighted by Crippen LogP contribution is 2.52. The van der Waals surface area contributed by atoms with Crippen molar-refractivity contribution in [3.8, 4) is 11.1 Å². The number of nitrogens with one attached hydrogen (secondary N) is 1. The van der Waals surface area contributed by atoms with E-state index in [4.69, 9.17) is 9.72 Å². The zero-order valence-corrected chi connectivity index (χ0v) is 22.3. The van der Waals surface area contributed by atoms with Gasteiger partial charge >= 0.3 is 6.09 Å². The molecule has 1 fully saturated rings. The van der Waals surface area contributed by atoms with E-state index in [9.17, 15) is 9.59 Å². The van der Waals surface area contributed by atoms with Crippen molar-refractivity contribution in [2.24, 2.45) is 0 Å². The highest BCUT2D eigenvalue weighted by molar-refractivity contribution is 7.17. The van der Waals surface area contributed by atoms with E-state index in [1.165, 1.54) is 26.8 Å². The van der Waals surface area contributed by atoms with Gasteiger partial charge in [-0.1, -0.05) is 42.5 Å². The van der Waals surface area contributed by atoms with Crippen molar-refractivity contribution in [3.63, 3.8) is 0 Å². The van der Waals surface area contributed by atoms with Gasteiger partial charge in [0.15, 0.2) is 0 Å². The zero-order chi connectivity index (χ0) is 25.8. The number of benzene rings is 2. The second kappa shape index (κ2) is 8.84. The first-order valence-electron chi connectivity index (χ1n) is 12.9. The van der Waals surface area contributed by atoms with Crippen LogP contribution in [0.3, 0.4) is 0 Å². The van der Waals surface area contributed by atoms with Crippen molar-refractivity contribution in [1.82, 2.24) is 14.9 Å². The molecule has 1 N–H and O–H groups in total. The van der Waals surface area contributed by atoms with Crippen LogP contribution < -0.4 is 5.56 Å². The Kier molecular flexibility index (Phi) is 5.71. The zero-order valence-electron chi connectivity index (χ0n) is 21.5. The molecule has 190 valence electrons. The Morgan fingerprint density at radius 2 is 1.95 bits per heavy atom. The number of carbonyl (C=O) groups is 1. The molecule has 1 amide bonds. The smallest absolute Gasteiger partial charge is 0.410 e. The maximum absolute atomic E-state index is 13.3. The predicted octanol–water partition coefficient (Wildman–Crippen LogP) is 6.41. The summed E-state index contributed by atoms with van der Waals surface area (Å²) in [6, 6.07) is 17.2. The van der Waals surface area contributed by atoms with Crippen LogP contribution in [-0.4, -0.2) is 33.1 Å². The monoisotopic (exact) mass is 513 g/mol. The summed E-state index contributed by atoms with van der Waals surface area (Å²) in [5.74, 6) is 0.745. The summed E-state index contributed by atoms with van der Waals surface area (Å²) in [4.78, 5) is 35.8. The molecule has 0 radical (unpaired) electrons. The number of amides is 1. The lowest BCUT2D eigenvalue weighted by Gasteiger charge is -2.26. The normalized spacial score (nSPS) is 16.8. The third-order valence-electron chi connectivity index (χ3n) is 7.35. The molecule has 0 saturated heterocycles. The van der Waals surface area contributed by atoms with Crippen LogP contribution in [0.4, 0.5) is 4.79 Å². The molecule has 2 aromatic heterocycles. The molecule has 0 spiro atoms. The van der Waals surface area contributed by atoms with Crippen molar-refractivity contribution in [1.29, 1.82) is 0 Å². The number of aromatic amines is 1. The highest BCUT2D eigenvalue weighted by Gasteiger charge is 2.49. The highest BCUT2D eigenvalue weighted by atomic mass is 32.1. The molecule has 1 saturated carbocycles. The van der Waals surface area contributed by atoms with Gasteiger partial charge < -0.3 is 14.6 Å². The number of ether oxygens (including phenoxy) is 1. The fourth-order valence-corrected chi connectivity index (χ4v) is 6.27. The van der Waals surface area contributed by atoms with Crippen molar-refractivity contribution < 1.29 is 9.53 Å². The number of thiophene rings is 1. The Labute approximate surface area is 220 Å². The van der Waals surface area contributed by atoms with Crippen LogP contribution in [0.1, 0.15) is 62.7 Å². The van der Waals surface area contributed by atoms with E-state index >= 15 is 0 Å². The molecule has 3 heterocycles. The maximum atomic E-state index is 13.3. The number of aryl methyl sites for hydroxylation is 1. The molecule has 1 aliphatic carbocycles. The number of rotatable bonds is 3. The van der Waals surface area contributed by atoms with E-state index in [-0.39, 0.29) is 23.6 Å². The number of hydrogen-bond acceptors (Lipinski definition) is 5. The van der Waals surface area contributed by atoms with Crippen molar-refractivity contribution >= 4 is 27.5 Å². The molecule has 0 bridgehead atoms. The molecule has 4 aromatic rings. The Hall–Kier alpha value is -3.45. The third-order valence-corrected chi connectivity index (χ3v) is 8.32. The lowest BCUT2D eigenvalue weighted by Crippen LogP contribution is -2.37. The first-order chi connectivity index (χ1) is 17.7. The van der Waals surface area contributed by atoms with E-state index in [1.807, 2.05) is 20.8 Å². The van der Waals surface area contributed by atoms with Gasteiger partial charge in [0, 0.05) is 22.2 Å². The second-order valence-corrected chi connectivity index (χ2v) is 12.1. The van der Waals surface area contributed by atoms with Gasteiger partial charge in [-0.25, -0.2) is 9.78 Å². The summed E-state index contributed by atoms with van der Waals surface area (Å²) in [6.45, 7) is 6.31. The Balaban J connectivity index is 1.33. The molecule has 6 nitrogen and oxygen atoms in total. The van der Waals surface area contributed by atoms with Gasteiger partial charge in [-0.05, 0) is 69.0 Å². The summed E-state index contributed by atoms with van der Waals surface area (Å²) in [7, 11) is 0. The standard InChI is InChI=1S/C30H31N3O3S/c1-29(2,3)36-28(35)33-15-7-11-24-22(17-33)26(34)32-27(31-24)30(13-14-30)20-9-6-8-19(16-20)23-18-37-25-12-5-4-10-21(23)25/h4-6,8-10,12,16,18H,7,11,13-15,17H2,1-3H3,(H,31,32,34). The quantitative estimate of drug-likeness (QED) is 0.343. The summed E-state index contributed by atoms with van der Waals surface area (Å²) < 4.78 is 6.84. The fourth-order valence-electron chi connectivity index (χ4n) is 5.30. The van der Waals surface area contributed by atoms with Gasteiger partial charge in [-0.15, -0.1) is 11.3 Å². The fraction of sp³-hybridized carbons (Fsp3) is 0.367. The SMILES string of the molecule is CC(C)(C)OC(=O)N1CCCc2nc(C3(c4cccc(-c5csc6ccccc56)c4)CC3)[nH]c(=O)c2C1. The van der Waals surface area contributed by atoms with Gasteiger partial charge in [-0.2, -0.15) is 0 Å². The average Bonchev–Trinajstić information content (AvgIpc) is 3.61. The summed E-state index contributed by atoms with van der Waals surface area (Å²) in [6.07, 6.45) is 2.93. The lowest BCUT2D eigenvalue weighted by atomic mass is 9.91. The molecule has 0 atom stereocenters. The number of fused-ring (bicyclic) bond motifs is 2. The molecular formula is C30H31N3O3S. The topological polar surface area (TPSA) is 75.3 Å². The van der Waals surface area contributed by atoms with Crippen LogP contribution >= 0.6 is 11.3 Å². The van der Waals surface area contributed by atoms with Crippen LogP contribution in [0.15, 0.2) is 58.7 Å². The average molecular weight is 514 g/mol. The van der Waals surface area contributed by atoms with Gasteiger partial charge in [0.1, 0.15) is 11.4 Å². The largest absolute Gasteiger partial charge is 0.444 e. The van der Waals surface area contributed by atoms with E-state index in [0.29, 0.717) is 18.5 Å². The maximum Gasteiger partial charge on any atom is 0.410 e. The van der Waals surface area contributed by atoms with Crippen LogP contribution in [0, 0.1) is 0 Å². The van der Waals surface area contributed by atoms with Gasteiger partial charge in [0.05, 0.1) is 23.2 Å². The molecule has 6 rings (SSSR count). The second-order valence-electron chi connectivity index (χ2n) is 11.2. The van der Waals surface area contributed by atoms with Gasteiger partial charge in [-0.3, -0.25) is 4.79 Å². The summed E-state index contributed by atoms with van der Waals surface area (Å²) in [5.41, 5.74) is 3.98. The van der Waals surface area contributed by atoms with Crippen LogP contribution in [-0.2, 0) is 23.1 Å². The van der Waals surface area contributed by atoms with Gasteiger partial charge in [0.25, 0.3) is 5.56 Å². The Morgan fingerprint density at radius 1 is 1.14 bits per heavy atom. The number of carbonyl (C=O) groups excluding carboxylic acids is 1. The minimum atomic E-state index is -0.580. The predicted molar refractivity (Wildman–Crippen MR) is 147 cm³/mol. The molecule has 1 aliphatic heterocycles. The van der Waals surface area contributed by atoms with Gasteiger partial charge in [0.2, 0.25) is 0 Å². The van der Waals surface area contributed by atoms with Crippen LogP contribution in [0.2, 0.25) is 0 Å². The Morgan fingerprint density at radius 3 is 2.73 bits per heavy atom. The van der Waals surface area contributed by atoms with E-state index in [2.05, 4.69) is 58.9 Å². The third kappa shape index (κ3) is 4.46. The molecule has 2 aliphatic rings. The summed E-state index contributed by atoms with van der Waals surface area (Å²) >= 11 is 1.76. The van der Waals surface area contributed by atoms with Crippen molar-refractivity contribution in [2.75, 3.05) is 6.54 Å². The molecule has 2 aromatic carbocycles. The van der Waals surface area contributed by atoms with E-state index in [1.54, 1.807) is 16.2 Å². The van der Waals surface area contributed by atoms with Crippen LogP contribution in [0.25, 0.3) is 21.2 Å².